The summed E-state index contributed by atoms with van der Waals surface area (Å²) < 4.78 is 0. The molecule has 1 aromatic heterocycles. The molecule has 1 heterocycles. The lowest BCUT2D eigenvalue weighted by atomic mass is 10.0. The van der Waals surface area contributed by atoms with E-state index < -0.39 is 11.0 Å². The summed E-state index contributed by atoms with van der Waals surface area (Å²) in [4.78, 5) is 14.9. The second-order valence-electron chi connectivity index (χ2n) is 4.17. The fourth-order valence-corrected chi connectivity index (χ4v) is 1.96. The molecule has 0 saturated heterocycles. The van der Waals surface area contributed by atoms with Crippen molar-refractivity contribution >= 4 is 16.6 Å². The van der Waals surface area contributed by atoms with Crippen molar-refractivity contribution in [1.29, 1.82) is 0 Å². The van der Waals surface area contributed by atoms with Gasteiger partial charge in [-0.05, 0) is 30.7 Å². The molecule has 1 aromatic carbocycles. The van der Waals surface area contributed by atoms with Gasteiger partial charge in [-0.1, -0.05) is 6.92 Å². The van der Waals surface area contributed by atoms with Gasteiger partial charge in [-0.15, -0.1) is 0 Å². The van der Waals surface area contributed by atoms with Gasteiger partial charge in [0.1, 0.15) is 0 Å². The maximum Gasteiger partial charge on any atom is 0.282 e. The lowest BCUT2D eigenvalue weighted by Crippen LogP contribution is -2.10. The number of aliphatic hydroxyl groups is 1. The molecule has 0 saturated carbocycles. The Labute approximate surface area is 104 Å². The van der Waals surface area contributed by atoms with Crippen LogP contribution in [0, 0.1) is 10.1 Å². The largest absolute Gasteiger partial charge is 0.393 e. The second-order valence-corrected chi connectivity index (χ2v) is 4.17. The Balaban J connectivity index is 2.59. The topological polar surface area (TPSA) is 76.3 Å². The number of nitro benzene ring substituents is 1. The predicted octanol–water partition coefficient (Wildman–Crippen LogP) is 2.46. The van der Waals surface area contributed by atoms with Crippen molar-refractivity contribution in [3.63, 3.8) is 0 Å². The second kappa shape index (κ2) is 5.10. The molecule has 0 aliphatic heterocycles. The number of nitrogens with zero attached hydrogens (tertiary/aromatic N) is 2. The van der Waals surface area contributed by atoms with Gasteiger partial charge >= 0.3 is 0 Å². The predicted molar refractivity (Wildman–Crippen MR) is 68.4 cm³/mol. The van der Waals surface area contributed by atoms with Gasteiger partial charge in [0.05, 0.1) is 21.9 Å². The van der Waals surface area contributed by atoms with Gasteiger partial charge in [-0.3, -0.25) is 15.1 Å². The summed E-state index contributed by atoms with van der Waals surface area (Å²) >= 11 is 0. The van der Waals surface area contributed by atoms with Crippen molar-refractivity contribution in [2.45, 2.75) is 25.9 Å². The Hall–Kier alpha value is -2.01. The standard InChI is InChI=1S/C13H14N2O3/c1-2-10(16)8-9-5-6-12-11(4-3-7-14-12)13(9)15(17)18/h3-7,10,16H,2,8H2,1H3. The van der Waals surface area contributed by atoms with Crippen molar-refractivity contribution in [3.05, 3.63) is 46.1 Å². The quantitative estimate of drug-likeness (QED) is 0.664. The zero-order chi connectivity index (χ0) is 13.1. The monoisotopic (exact) mass is 246 g/mol. The molecule has 5 heteroatoms. The lowest BCUT2D eigenvalue weighted by Gasteiger charge is -2.09. The number of hydrogen-bond donors (Lipinski definition) is 1. The van der Waals surface area contributed by atoms with E-state index >= 15 is 0 Å². The molecule has 0 bridgehead atoms. The van der Waals surface area contributed by atoms with Gasteiger partial charge in [0.25, 0.3) is 5.69 Å². The Morgan fingerprint density at radius 1 is 1.44 bits per heavy atom. The molecule has 1 unspecified atom stereocenters. The minimum absolute atomic E-state index is 0.0492. The molecule has 1 N–H and O–H groups in total. The molecule has 0 radical (unpaired) electrons. The fraction of sp³-hybridized carbons (Fsp3) is 0.308. The average Bonchev–Trinajstić information content (AvgIpc) is 2.37. The van der Waals surface area contributed by atoms with Crippen molar-refractivity contribution in [3.8, 4) is 0 Å². The molecule has 0 spiro atoms. The summed E-state index contributed by atoms with van der Waals surface area (Å²) in [6, 6.07) is 6.78. The third-order valence-corrected chi connectivity index (χ3v) is 2.95. The van der Waals surface area contributed by atoms with Crippen molar-refractivity contribution in [1.82, 2.24) is 4.98 Å². The summed E-state index contributed by atoms with van der Waals surface area (Å²) in [5, 5.41) is 21.4. The van der Waals surface area contributed by atoms with Crippen LogP contribution in [0.2, 0.25) is 0 Å². The number of aromatic nitrogens is 1. The number of pyridine rings is 1. The summed E-state index contributed by atoms with van der Waals surface area (Å²) in [5.74, 6) is 0. The Morgan fingerprint density at radius 3 is 2.89 bits per heavy atom. The Kier molecular flexibility index (Phi) is 3.53. The summed E-state index contributed by atoms with van der Waals surface area (Å²) in [6.07, 6.45) is 1.91. The van der Waals surface area contributed by atoms with Crippen LogP contribution in [0.4, 0.5) is 5.69 Å². The van der Waals surface area contributed by atoms with E-state index in [0.717, 1.165) is 0 Å². The van der Waals surface area contributed by atoms with Crippen LogP contribution in [-0.4, -0.2) is 21.1 Å². The van der Waals surface area contributed by atoms with E-state index in [2.05, 4.69) is 4.98 Å². The Bertz CT molecular complexity index is 583. The van der Waals surface area contributed by atoms with Gasteiger partial charge in [0.15, 0.2) is 0 Å². The molecule has 0 amide bonds. The van der Waals surface area contributed by atoms with Crippen LogP contribution in [0.15, 0.2) is 30.5 Å². The van der Waals surface area contributed by atoms with Gasteiger partial charge in [-0.25, -0.2) is 0 Å². The smallest absolute Gasteiger partial charge is 0.282 e. The lowest BCUT2D eigenvalue weighted by molar-refractivity contribution is -0.383. The van der Waals surface area contributed by atoms with E-state index in [1.807, 2.05) is 6.92 Å². The normalized spacial score (nSPS) is 12.6. The number of hydrogen-bond acceptors (Lipinski definition) is 4. The number of nitro groups is 1. The molecule has 94 valence electrons. The molecular weight excluding hydrogens is 232 g/mol. The summed E-state index contributed by atoms with van der Waals surface area (Å²) in [7, 11) is 0. The maximum atomic E-state index is 11.2. The van der Waals surface area contributed by atoms with Gasteiger partial charge in [0, 0.05) is 18.2 Å². The number of benzene rings is 1. The first-order valence-corrected chi connectivity index (χ1v) is 5.82. The van der Waals surface area contributed by atoms with Crippen LogP contribution >= 0.6 is 0 Å². The summed E-state index contributed by atoms with van der Waals surface area (Å²) in [5.41, 5.74) is 1.20. The van der Waals surface area contributed by atoms with Gasteiger partial charge in [0.2, 0.25) is 0 Å². The third-order valence-electron chi connectivity index (χ3n) is 2.95. The Morgan fingerprint density at radius 2 is 2.22 bits per heavy atom. The fourth-order valence-electron chi connectivity index (χ4n) is 1.96. The highest BCUT2D eigenvalue weighted by molar-refractivity contribution is 5.89. The van der Waals surface area contributed by atoms with Crippen LogP contribution < -0.4 is 0 Å². The van der Waals surface area contributed by atoms with Crippen molar-refractivity contribution < 1.29 is 10.0 Å². The molecule has 0 aliphatic rings. The van der Waals surface area contributed by atoms with Crippen LogP contribution in [-0.2, 0) is 6.42 Å². The molecule has 0 fully saturated rings. The molecule has 2 aromatic rings. The van der Waals surface area contributed by atoms with E-state index in [4.69, 9.17) is 0 Å². The minimum atomic E-state index is -0.558. The van der Waals surface area contributed by atoms with Crippen LogP contribution in [0.25, 0.3) is 10.9 Å². The first kappa shape index (κ1) is 12.4. The highest BCUT2D eigenvalue weighted by atomic mass is 16.6. The van der Waals surface area contributed by atoms with E-state index in [0.29, 0.717) is 22.9 Å². The zero-order valence-electron chi connectivity index (χ0n) is 10.0. The van der Waals surface area contributed by atoms with Crippen LogP contribution in [0.5, 0.6) is 0 Å². The number of fused-ring (bicyclic) bond motifs is 1. The highest BCUT2D eigenvalue weighted by Gasteiger charge is 2.20. The molecule has 1 atom stereocenters. The van der Waals surface area contributed by atoms with E-state index in [9.17, 15) is 15.2 Å². The first-order valence-electron chi connectivity index (χ1n) is 5.82. The number of rotatable bonds is 4. The SMILES string of the molecule is CCC(O)Cc1ccc2ncccc2c1[N+](=O)[O-]. The number of aliphatic hydroxyl groups excluding tert-OH is 1. The molecule has 0 aliphatic carbocycles. The van der Waals surface area contributed by atoms with Crippen molar-refractivity contribution in [2.75, 3.05) is 0 Å². The van der Waals surface area contributed by atoms with Crippen LogP contribution in [0.3, 0.4) is 0 Å². The molecule has 18 heavy (non-hydrogen) atoms. The van der Waals surface area contributed by atoms with Crippen molar-refractivity contribution in [2.24, 2.45) is 0 Å². The average molecular weight is 246 g/mol. The van der Waals surface area contributed by atoms with E-state index in [1.54, 1.807) is 30.5 Å². The van der Waals surface area contributed by atoms with E-state index in [-0.39, 0.29) is 12.1 Å². The first-order chi connectivity index (χ1) is 8.63. The maximum absolute atomic E-state index is 11.2. The molecule has 2 rings (SSSR count). The molecule has 5 nitrogen and oxygen atoms in total. The van der Waals surface area contributed by atoms with Gasteiger partial charge in [-0.2, -0.15) is 0 Å². The van der Waals surface area contributed by atoms with Gasteiger partial charge < -0.3 is 5.11 Å². The van der Waals surface area contributed by atoms with E-state index in [1.165, 1.54) is 0 Å². The third kappa shape index (κ3) is 2.31. The summed E-state index contributed by atoms with van der Waals surface area (Å²) in [6.45, 7) is 1.85. The highest BCUT2D eigenvalue weighted by Crippen LogP contribution is 2.29. The zero-order valence-corrected chi connectivity index (χ0v) is 10.0. The molecular formula is C13H14N2O3. The van der Waals surface area contributed by atoms with Crippen LogP contribution in [0.1, 0.15) is 18.9 Å². The minimum Gasteiger partial charge on any atom is -0.393 e.